The molecule has 0 aliphatic rings. The van der Waals surface area contributed by atoms with E-state index in [1.54, 1.807) is 0 Å². The number of hydrogen-bond acceptors (Lipinski definition) is 5. The molecule has 0 saturated heterocycles. The molecule has 6 heteroatoms. The van der Waals surface area contributed by atoms with Crippen LogP contribution in [-0.2, 0) is 30.3 Å². The summed E-state index contributed by atoms with van der Waals surface area (Å²) in [5.41, 5.74) is 6.05. The van der Waals surface area contributed by atoms with E-state index in [-0.39, 0.29) is 47.9 Å². The van der Waals surface area contributed by atoms with Gasteiger partial charge in [0.1, 0.15) is 28.3 Å². The van der Waals surface area contributed by atoms with Crippen LogP contribution in [0.15, 0.2) is 75.4 Å². The topological polar surface area (TPSA) is 76.5 Å². The molecule has 0 aliphatic carbocycles. The summed E-state index contributed by atoms with van der Waals surface area (Å²) >= 11 is 0. The van der Waals surface area contributed by atoms with Crippen LogP contribution in [0.3, 0.4) is 0 Å². The summed E-state index contributed by atoms with van der Waals surface area (Å²) in [5, 5.41) is 15.6. The van der Waals surface area contributed by atoms with E-state index in [0.717, 1.165) is 81.0 Å². The predicted molar refractivity (Wildman–Crippen MR) is 204 cm³/mol. The second kappa shape index (κ2) is 14.9. The molecule has 3 heterocycles. The number of ketones is 1. The number of carbonyl (C=O) groups excluding carboxylic acids is 1. The van der Waals surface area contributed by atoms with E-state index >= 15 is 0 Å². The SMILES string of the molecule is CCC(C)(CC)C(=O)/C=C(\O)C(C)(CC)CC.Cc1oc2c(ccc3oc4c(-c5[c-]c6ccccc6c(C(C)(C)C)c5)nccc4c32)c1C.[Ir]. The summed E-state index contributed by atoms with van der Waals surface area (Å²) in [7, 11) is 0. The number of rotatable bonds is 8. The van der Waals surface area contributed by atoms with Crippen LogP contribution in [0.4, 0.5) is 0 Å². The van der Waals surface area contributed by atoms with Crippen LogP contribution < -0.4 is 0 Å². The van der Waals surface area contributed by atoms with E-state index in [9.17, 15) is 9.90 Å². The van der Waals surface area contributed by atoms with Crippen LogP contribution in [0.2, 0.25) is 0 Å². The predicted octanol–water partition coefficient (Wildman–Crippen LogP) is 12.9. The van der Waals surface area contributed by atoms with Crippen LogP contribution in [0, 0.1) is 30.7 Å². The molecule has 6 rings (SSSR count). The number of aliphatic hydroxyl groups excluding tert-OH is 1. The van der Waals surface area contributed by atoms with Crippen molar-refractivity contribution in [3.8, 4) is 11.3 Å². The first kappa shape index (κ1) is 39.1. The Labute approximate surface area is 310 Å². The molecule has 3 aromatic carbocycles. The number of pyridine rings is 1. The van der Waals surface area contributed by atoms with Crippen molar-refractivity contribution >= 4 is 49.5 Å². The van der Waals surface area contributed by atoms with Gasteiger partial charge in [-0.2, -0.15) is 0 Å². The van der Waals surface area contributed by atoms with Gasteiger partial charge in [-0.25, -0.2) is 0 Å². The number of carbonyl (C=O) groups is 1. The van der Waals surface area contributed by atoms with Gasteiger partial charge in [0, 0.05) is 59.7 Å². The van der Waals surface area contributed by atoms with E-state index in [4.69, 9.17) is 13.8 Å². The number of hydrogen-bond donors (Lipinski definition) is 1. The van der Waals surface area contributed by atoms with Crippen molar-refractivity contribution in [3.05, 3.63) is 89.5 Å². The van der Waals surface area contributed by atoms with Gasteiger partial charge >= 0.3 is 0 Å². The second-order valence-corrected chi connectivity index (χ2v) is 15.1. The van der Waals surface area contributed by atoms with Crippen molar-refractivity contribution < 1.29 is 38.8 Å². The third kappa shape index (κ3) is 7.07. The Balaban J connectivity index is 0.000000269. The molecule has 0 bridgehead atoms. The average molecular weight is 851 g/mol. The number of nitrogens with zero attached hydrogens (tertiary/aromatic N) is 1. The Morgan fingerprint density at radius 1 is 0.820 bits per heavy atom. The van der Waals surface area contributed by atoms with E-state index in [1.165, 1.54) is 22.6 Å². The number of aliphatic hydroxyl groups is 1. The van der Waals surface area contributed by atoms with Crippen LogP contribution in [0.25, 0.3) is 54.9 Å². The molecule has 50 heavy (non-hydrogen) atoms. The fourth-order valence-electron chi connectivity index (χ4n) is 6.44. The molecule has 267 valence electrons. The average Bonchev–Trinajstić information content (AvgIpc) is 3.62. The summed E-state index contributed by atoms with van der Waals surface area (Å²) in [4.78, 5) is 16.9. The zero-order valence-corrected chi connectivity index (χ0v) is 33.9. The molecular formula is C44H52IrNO4-. The van der Waals surface area contributed by atoms with Crippen LogP contribution in [0.1, 0.15) is 105 Å². The minimum atomic E-state index is -0.337. The molecule has 0 atom stereocenters. The van der Waals surface area contributed by atoms with Gasteiger partial charge in [-0.3, -0.25) is 9.78 Å². The fourth-order valence-corrected chi connectivity index (χ4v) is 6.44. The number of aromatic nitrogens is 1. The fraction of sp³-hybridized carbons (Fsp3) is 0.409. The van der Waals surface area contributed by atoms with Crippen molar-refractivity contribution in [1.82, 2.24) is 4.98 Å². The molecule has 0 amide bonds. The van der Waals surface area contributed by atoms with Gasteiger partial charge in [0.05, 0.1) is 5.39 Å². The van der Waals surface area contributed by atoms with Gasteiger partial charge < -0.3 is 13.9 Å². The number of furan rings is 2. The zero-order valence-electron chi connectivity index (χ0n) is 31.6. The molecule has 5 nitrogen and oxygen atoms in total. The minimum absolute atomic E-state index is 0. The molecule has 0 unspecified atom stereocenters. The molecular weight excluding hydrogens is 799 g/mol. The Bertz CT molecular complexity index is 2190. The third-order valence-corrected chi connectivity index (χ3v) is 11.1. The maximum absolute atomic E-state index is 12.2. The summed E-state index contributed by atoms with van der Waals surface area (Å²) in [6.07, 6.45) is 6.61. The molecule has 0 aliphatic heterocycles. The number of fused-ring (bicyclic) bond motifs is 6. The van der Waals surface area contributed by atoms with Crippen molar-refractivity contribution in [2.24, 2.45) is 10.8 Å². The molecule has 0 fully saturated rings. The van der Waals surface area contributed by atoms with Crippen LogP contribution >= 0.6 is 0 Å². The van der Waals surface area contributed by atoms with Crippen molar-refractivity contribution in [2.45, 2.75) is 107 Å². The Hall–Kier alpha value is -3.73. The van der Waals surface area contributed by atoms with E-state index in [0.29, 0.717) is 0 Å². The van der Waals surface area contributed by atoms with Gasteiger partial charge in [-0.15, -0.1) is 29.1 Å². The third-order valence-electron chi connectivity index (χ3n) is 11.1. The van der Waals surface area contributed by atoms with Crippen molar-refractivity contribution in [2.75, 3.05) is 0 Å². The largest absolute Gasteiger partial charge is 0.512 e. The van der Waals surface area contributed by atoms with Crippen molar-refractivity contribution in [1.29, 1.82) is 0 Å². The maximum atomic E-state index is 12.2. The standard InChI is InChI=1S/C29H24NO2.C15H28O2.Ir/c1-16-17(2)31-27-20(16)10-11-24-25(27)22-12-13-30-26(28(22)32-24)19-14-18-8-6-7-9-21(18)23(15-19)29(3,4)5;1-7-14(5,8-2)12(16)11-13(17)15(6,9-3)10-4;/h6-13,15H,1-5H3;11,16H,7-10H2,1-6H3;/q-1;;/b;12-11-;. The summed E-state index contributed by atoms with van der Waals surface area (Å²) < 4.78 is 12.5. The van der Waals surface area contributed by atoms with E-state index in [2.05, 4.69) is 70.2 Å². The maximum Gasteiger partial charge on any atom is 0.164 e. The Morgan fingerprint density at radius 2 is 1.46 bits per heavy atom. The molecule has 1 N–H and O–H groups in total. The number of aryl methyl sites for hydroxylation is 2. The molecule has 6 aromatic rings. The van der Waals surface area contributed by atoms with Gasteiger partial charge in [-0.1, -0.05) is 91.5 Å². The van der Waals surface area contributed by atoms with Crippen LogP contribution in [0.5, 0.6) is 0 Å². The molecule has 0 spiro atoms. The van der Waals surface area contributed by atoms with Gasteiger partial charge in [0.25, 0.3) is 0 Å². The summed E-state index contributed by atoms with van der Waals surface area (Å²) in [6.45, 7) is 22.9. The van der Waals surface area contributed by atoms with Gasteiger partial charge in [0.15, 0.2) is 5.78 Å². The Morgan fingerprint density at radius 3 is 2.08 bits per heavy atom. The van der Waals surface area contributed by atoms with Gasteiger partial charge in [0.2, 0.25) is 0 Å². The molecule has 0 saturated carbocycles. The summed E-state index contributed by atoms with van der Waals surface area (Å²) in [5.74, 6) is 1.22. The Kier molecular flexibility index (Phi) is 11.6. The molecule has 3 aromatic heterocycles. The zero-order chi connectivity index (χ0) is 35.9. The molecule has 1 radical (unpaired) electrons. The number of benzene rings is 3. The van der Waals surface area contributed by atoms with Crippen molar-refractivity contribution in [3.63, 3.8) is 0 Å². The monoisotopic (exact) mass is 851 g/mol. The second-order valence-electron chi connectivity index (χ2n) is 15.1. The first-order chi connectivity index (χ1) is 23.1. The van der Waals surface area contributed by atoms with E-state index < -0.39 is 0 Å². The minimum Gasteiger partial charge on any atom is -0.512 e. The first-order valence-electron chi connectivity index (χ1n) is 17.7. The first-order valence-corrected chi connectivity index (χ1v) is 17.7. The number of allylic oxidation sites excluding steroid dienone is 2. The smallest absolute Gasteiger partial charge is 0.164 e. The van der Waals surface area contributed by atoms with E-state index in [1.807, 2.05) is 66.8 Å². The summed E-state index contributed by atoms with van der Waals surface area (Å²) in [6, 6.07) is 20.4. The van der Waals surface area contributed by atoms with Gasteiger partial charge in [-0.05, 0) is 68.7 Å². The van der Waals surface area contributed by atoms with Crippen LogP contribution in [-0.4, -0.2) is 15.9 Å². The quantitative estimate of drug-likeness (QED) is 0.0938. The normalized spacial score (nSPS) is 12.7.